The molecule has 2 aromatic heterocycles. The minimum Gasteiger partial charge on any atom is -0.325 e. The summed E-state index contributed by atoms with van der Waals surface area (Å²) in [6.07, 6.45) is -1.27. The molecule has 6 nitrogen and oxygen atoms in total. The second-order valence-corrected chi connectivity index (χ2v) is 7.54. The maximum Gasteiger partial charge on any atom is 0.418 e. The Kier molecular flexibility index (Phi) is 6.22. The minimum absolute atomic E-state index is 0.149. The molecule has 162 valence electrons. The topological polar surface area (TPSA) is 72.7 Å². The standard InChI is InChI=1S/C22H16F3N5OS/c23-22(24,25)17-10-4-5-11-18(17)27-19(31)14-32-21-29-28-20(15-7-6-12-26-13-15)30(21)16-8-2-1-3-9-16/h1-13H,14H2,(H,27,31). The van der Waals surface area contributed by atoms with Crippen LogP contribution in [-0.4, -0.2) is 31.4 Å². The van der Waals surface area contributed by atoms with Crippen LogP contribution in [0.4, 0.5) is 18.9 Å². The van der Waals surface area contributed by atoms with Crippen LogP contribution in [0.25, 0.3) is 17.1 Å². The van der Waals surface area contributed by atoms with Crippen LogP contribution in [0.1, 0.15) is 5.56 Å². The zero-order valence-corrected chi connectivity index (χ0v) is 17.3. The molecule has 0 fully saturated rings. The molecule has 0 bridgehead atoms. The van der Waals surface area contributed by atoms with E-state index in [1.165, 1.54) is 18.2 Å². The summed E-state index contributed by atoms with van der Waals surface area (Å²) < 4.78 is 41.3. The Balaban J connectivity index is 1.57. The molecule has 0 aliphatic rings. The number of anilines is 1. The molecule has 0 saturated heterocycles. The number of pyridine rings is 1. The maximum atomic E-state index is 13.2. The molecule has 0 spiro atoms. The van der Waals surface area contributed by atoms with E-state index in [4.69, 9.17) is 0 Å². The molecular formula is C22H16F3N5OS. The van der Waals surface area contributed by atoms with Gasteiger partial charge in [-0.1, -0.05) is 42.1 Å². The third-order valence-corrected chi connectivity index (χ3v) is 5.34. The first-order valence-corrected chi connectivity index (χ1v) is 10.4. The molecule has 0 aliphatic heterocycles. The van der Waals surface area contributed by atoms with Gasteiger partial charge < -0.3 is 5.32 Å². The van der Waals surface area contributed by atoms with E-state index in [2.05, 4.69) is 20.5 Å². The third-order valence-electron chi connectivity index (χ3n) is 4.41. The van der Waals surface area contributed by atoms with Crippen LogP contribution in [-0.2, 0) is 11.0 Å². The summed E-state index contributed by atoms with van der Waals surface area (Å²) in [5.74, 6) is -0.198. The highest BCUT2D eigenvalue weighted by Crippen LogP contribution is 2.35. The number of aromatic nitrogens is 4. The summed E-state index contributed by atoms with van der Waals surface area (Å²) in [5.41, 5.74) is 0.330. The SMILES string of the molecule is O=C(CSc1nnc(-c2cccnc2)n1-c1ccccc1)Nc1ccccc1C(F)(F)F. The zero-order chi connectivity index (χ0) is 22.6. The lowest BCUT2D eigenvalue weighted by Crippen LogP contribution is -2.18. The monoisotopic (exact) mass is 455 g/mol. The molecule has 4 aromatic rings. The van der Waals surface area contributed by atoms with Crippen LogP contribution in [0, 0.1) is 0 Å². The van der Waals surface area contributed by atoms with Crippen LogP contribution >= 0.6 is 11.8 Å². The number of para-hydroxylation sites is 2. The molecular weight excluding hydrogens is 439 g/mol. The number of halogens is 3. The average molecular weight is 455 g/mol. The maximum absolute atomic E-state index is 13.2. The quantitative estimate of drug-likeness (QED) is 0.411. The average Bonchev–Trinajstić information content (AvgIpc) is 3.22. The molecule has 2 aromatic carbocycles. The number of hydrogen-bond donors (Lipinski definition) is 1. The lowest BCUT2D eigenvalue weighted by atomic mass is 10.1. The van der Waals surface area contributed by atoms with Gasteiger partial charge in [-0.2, -0.15) is 13.2 Å². The van der Waals surface area contributed by atoms with Gasteiger partial charge in [0.05, 0.1) is 17.0 Å². The van der Waals surface area contributed by atoms with Gasteiger partial charge in [-0.15, -0.1) is 10.2 Å². The van der Waals surface area contributed by atoms with E-state index in [1.54, 1.807) is 23.0 Å². The number of hydrogen-bond acceptors (Lipinski definition) is 5. The van der Waals surface area contributed by atoms with Crippen molar-refractivity contribution in [2.75, 3.05) is 11.1 Å². The predicted octanol–water partition coefficient (Wildman–Crippen LogP) is 5.08. The van der Waals surface area contributed by atoms with Crippen molar-refractivity contribution in [2.45, 2.75) is 11.3 Å². The van der Waals surface area contributed by atoms with E-state index in [1.807, 2.05) is 36.4 Å². The number of carbonyl (C=O) groups is 1. The highest BCUT2D eigenvalue weighted by molar-refractivity contribution is 7.99. The Hall–Kier alpha value is -3.66. The molecule has 0 saturated carbocycles. The van der Waals surface area contributed by atoms with Crippen molar-refractivity contribution in [1.82, 2.24) is 19.7 Å². The normalized spacial score (nSPS) is 11.3. The molecule has 0 unspecified atom stereocenters. The second-order valence-electron chi connectivity index (χ2n) is 6.60. The first-order valence-electron chi connectivity index (χ1n) is 9.43. The fourth-order valence-electron chi connectivity index (χ4n) is 3.01. The lowest BCUT2D eigenvalue weighted by molar-refractivity contribution is -0.137. The molecule has 1 amide bonds. The van der Waals surface area contributed by atoms with E-state index in [0.717, 1.165) is 29.1 Å². The molecule has 0 radical (unpaired) electrons. The van der Waals surface area contributed by atoms with Crippen LogP contribution in [0.2, 0.25) is 0 Å². The van der Waals surface area contributed by atoms with E-state index in [-0.39, 0.29) is 11.4 Å². The van der Waals surface area contributed by atoms with Crippen molar-refractivity contribution in [3.63, 3.8) is 0 Å². The van der Waals surface area contributed by atoms with Crippen LogP contribution in [0.5, 0.6) is 0 Å². The Bertz CT molecular complexity index is 1210. The van der Waals surface area contributed by atoms with Crippen molar-refractivity contribution < 1.29 is 18.0 Å². The number of carbonyl (C=O) groups excluding carboxylic acids is 1. The van der Waals surface area contributed by atoms with E-state index in [9.17, 15) is 18.0 Å². The molecule has 10 heteroatoms. The summed E-state index contributed by atoms with van der Waals surface area (Å²) in [6, 6.07) is 17.8. The smallest absolute Gasteiger partial charge is 0.325 e. The van der Waals surface area contributed by atoms with Crippen LogP contribution in [0.15, 0.2) is 84.3 Å². The third kappa shape index (κ3) is 4.80. The van der Waals surface area contributed by atoms with E-state index < -0.39 is 17.6 Å². The molecule has 2 heterocycles. The van der Waals surface area contributed by atoms with Crippen molar-refractivity contribution in [3.8, 4) is 17.1 Å². The fraction of sp³-hybridized carbons (Fsp3) is 0.0909. The highest BCUT2D eigenvalue weighted by Gasteiger charge is 2.33. The predicted molar refractivity (Wildman–Crippen MR) is 115 cm³/mol. The molecule has 1 N–H and O–H groups in total. The Labute approximate surface area is 185 Å². The minimum atomic E-state index is -4.57. The number of rotatable bonds is 6. The second kappa shape index (κ2) is 9.23. The first-order chi connectivity index (χ1) is 15.4. The van der Waals surface area contributed by atoms with E-state index >= 15 is 0 Å². The van der Waals surface area contributed by atoms with Crippen LogP contribution < -0.4 is 5.32 Å². The number of alkyl halides is 3. The van der Waals surface area contributed by atoms with Gasteiger partial charge in [-0.05, 0) is 36.4 Å². The van der Waals surface area contributed by atoms with Crippen LogP contribution in [0.3, 0.4) is 0 Å². The summed E-state index contributed by atoms with van der Waals surface area (Å²) in [6.45, 7) is 0. The first kappa shape index (κ1) is 21.6. The highest BCUT2D eigenvalue weighted by atomic mass is 32.2. The molecule has 32 heavy (non-hydrogen) atoms. The number of nitrogens with one attached hydrogen (secondary N) is 1. The zero-order valence-electron chi connectivity index (χ0n) is 16.5. The van der Waals surface area contributed by atoms with Gasteiger partial charge >= 0.3 is 6.18 Å². The van der Waals surface area contributed by atoms with Gasteiger partial charge in [-0.25, -0.2) is 0 Å². The number of nitrogens with zero attached hydrogens (tertiary/aromatic N) is 4. The Morgan fingerprint density at radius 2 is 1.72 bits per heavy atom. The lowest BCUT2D eigenvalue weighted by Gasteiger charge is -2.13. The van der Waals surface area contributed by atoms with Gasteiger partial charge in [-0.3, -0.25) is 14.3 Å². The summed E-state index contributed by atoms with van der Waals surface area (Å²) in [5, 5.41) is 11.2. The molecule has 0 aliphatic carbocycles. The summed E-state index contributed by atoms with van der Waals surface area (Å²) in [7, 11) is 0. The number of amides is 1. The summed E-state index contributed by atoms with van der Waals surface area (Å²) >= 11 is 1.07. The van der Waals surface area contributed by atoms with Crippen molar-refractivity contribution in [1.29, 1.82) is 0 Å². The van der Waals surface area contributed by atoms with Gasteiger partial charge in [0.1, 0.15) is 0 Å². The van der Waals surface area contributed by atoms with Crippen molar-refractivity contribution >= 4 is 23.4 Å². The summed E-state index contributed by atoms with van der Waals surface area (Å²) in [4.78, 5) is 16.5. The fourth-order valence-corrected chi connectivity index (χ4v) is 3.76. The van der Waals surface area contributed by atoms with Gasteiger partial charge in [0.25, 0.3) is 0 Å². The largest absolute Gasteiger partial charge is 0.418 e. The van der Waals surface area contributed by atoms with Crippen molar-refractivity contribution in [2.24, 2.45) is 0 Å². The van der Waals surface area contributed by atoms with Gasteiger partial charge in [0.2, 0.25) is 5.91 Å². The number of benzene rings is 2. The molecule has 0 atom stereocenters. The van der Waals surface area contributed by atoms with Crippen molar-refractivity contribution in [3.05, 3.63) is 84.7 Å². The van der Waals surface area contributed by atoms with Gasteiger partial charge in [0.15, 0.2) is 11.0 Å². The number of thioether (sulfide) groups is 1. The molecule has 4 rings (SSSR count). The van der Waals surface area contributed by atoms with Gasteiger partial charge in [0, 0.05) is 23.6 Å². The Morgan fingerprint density at radius 1 is 0.969 bits per heavy atom. The Morgan fingerprint density at radius 3 is 2.44 bits per heavy atom. The van der Waals surface area contributed by atoms with E-state index in [0.29, 0.717) is 11.0 Å².